The topological polar surface area (TPSA) is 86.8 Å². The van der Waals surface area contributed by atoms with Gasteiger partial charge in [0.05, 0.1) is 10.6 Å². The van der Waals surface area contributed by atoms with Gasteiger partial charge in [0.15, 0.2) is 0 Å². The number of rotatable bonds is 14. The summed E-state index contributed by atoms with van der Waals surface area (Å²) in [5, 5.41) is 3.38. The molecule has 0 aliphatic carbocycles. The zero-order chi connectivity index (χ0) is 32.4. The van der Waals surface area contributed by atoms with E-state index in [9.17, 15) is 18.0 Å². The van der Waals surface area contributed by atoms with Crippen LogP contribution in [-0.2, 0) is 32.6 Å². The molecule has 236 valence electrons. The van der Waals surface area contributed by atoms with Crippen LogP contribution in [0, 0.1) is 13.8 Å². The molecular formula is C36H40ClN3O4S. The van der Waals surface area contributed by atoms with Crippen molar-refractivity contribution in [2.75, 3.05) is 17.4 Å². The molecule has 0 unspecified atom stereocenters. The maximum Gasteiger partial charge on any atom is 0.264 e. The summed E-state index contributed by atoms with van der Waals surface area (Å²) in [6, 6.07) is 29.3. The molecule has 0 spiro atoms. The Kier molecular flexibility index (Phi) is 11.8. The van der Waals surface area contributed by atoms with Crippen LogP contribution >= 0.6 is 11.6 Å². The minimum atomic E-state index is -4.19. The van der Waals surface area contributed by atoms with Gasteiger partial charge >= 0.3 is 0 Å². The highest BCUT2D eigenvalue weighted by atomic mass is 35.5. The Morgan fingerprint density at radius 2 is 1.49 bits per heavy atom. The van der Waals surface area contributed by atoms with Gasteiger partial charge in [-0.25, -0.2) is 8.42 Å². The van der Waals surface area contributed by atoms with Crippen molar-refractivity contribution >= 4 is 39.1 Å². The van der Waals surface area contributed by atoms with Gasteiger partial charge in [0.2, 0.25) is 11.8 Å². The lowest BCUT2D eigenvalue weighted by atomic mass is 10.0. The van der Waals surface area contributed by atoms with Gasteiger partial charge in [-0.15, -0.1) is 0 Å². The molecule has 9 heteroatoms. The predicted molar refractivity (Wildman–Crippen MR) is 181 cm³/mol. The Balaban J connectivity index is 1.79. The molecule has 7 nitrogen and oxygen atoms in total. The first-order chi connectivity index (χ1) is 21.6. The minimum absolute atomic E-state index is 0.0396. The lowest BCUT2D eigenvalue weighted by Gasteiger charge is -2.34. The predicted octanol–water partition coefficient (Wildman–Crippen LogP) is 6.71. The number of hydrogen-bond acceptors (Lipinski definition) is 4. The number of benzene rings is 4. The zero-order valence-electron chi connectivity index (χ0n) is 25.9. The van der Waals surface area contributed by atoms with Gasteiger partial charge in [0.25, 0.3) is 10.0 Å². The van der Waals surface area contributed by atoms with Crippen molar-refractivity contribution in [1.82, 2.24) is 10.2 Å². The maximum absolute atomic E-state index is 14.5. The van der Waals surface area contributed by atoms with Gasteiger partial charge in [-0.2, -0.15) is 0 Å². The summed E-state index contributed by atoms with van der Waals surface area (Å²) >= 11 is 6.45. The largest absolute Gasteiger partial charge is 0.354 e. The maximum atomic E-state index is 14.5. The smallest absolute Gasteiger partial charge is 0.264 e. The zero-order valence-corrected chi connectivity index (χ0v) is 27.5. The lowest BCUT2D eigenvalue weighted by Crippen LogP contribution is -2.53. The van der Waals surface area contributed by atoms with Crippen LogP contribution < -0.4 is 9.62 Å². The van der Waals surface area contributed by atoms with E-state index in [1.807, 2.05) is 75.4 Å². The minimum Gasteiger partial charge on any atom is -0.354 e. The van der Waals surface area contributed by atoms with Crippen LogP contribution in [0.25, 0.3) is 0 Å². The van der Waals surface area contributed by atoms with Crippen LogP contribution in [0.5, 0.6) is 0 Å². The highest BCUT2D eigenvalue weighted by molar-refractivity contribution is 7.92. The molecule has 0 radical (unpaired) electrons. The summed E-state index contributed by atoms with van der Waals surface area (Å²) in [4.78, 5) is 29.9. The molecule has 1 atom stereocenters. The SMILES string of the molecule is CCCCNC(=O)[C@@H](Cc1ccccc1)N(Cc1ccc(C)cc1)C(=O)CN(c1ccc(C)c(Cl)c1)S(=O)(=O)c1ccccc1. The molecule has 4 aromatic carbocycles. The number of amides is 2. The summed E-state index contributed by atoms with van der Waals surface area (Å²) in [5.74, 6) is -0.804. The van der Waals surface area contributed by atoms with Crippen molar-refractivity contribution < 1.29 is 18.0 Å². The number of aryl methyl sites for hydroxylation is 2. The number of sulfonamides is 1. The van der Waals surface area contributed by atoms with Gasteiger partial charge in [0.1, 0.15) is 12.6 Å². The van der Waals surface area contributed by atoms with Crippen LogP contribution in [0.3, 0.4) is 0 Å². The fraction of sp³-hybridized carbons (Fsp3) is 0.278. The number of nitrogens with zero attached hydrogens (tertiary/aromatic N) is 2. The Labute approximate surface area is 271 Å². The first-order valence-electron chi connectivity index (χ1n) is 15.1. The number of carbonyl (C=O) groups excluding carboxylic acids is 2. The van der Waals surface area contributed by atoms with Crippen molar-refractivity contribution in [2.24, 2.45) is 0 Å². The summed E-state index contributed by atoms with van der Waals surface area (Å²) < 4.78 is 29.2. The second-order valence-electron chi connectivity index (χ2n) is 11.1. The third-order valence-electron chi connectivity index (χ3n) is 7.63. The third-order valence-corrected chi connectivity index (χ3v) is 9.82. The Morgan fingerprint density at radius 1 is 0.844 bits per heavy atom. The standard InChI is InChI=1S/C36H40ClN3O4S/c1-4-5-22-38-36(42)34(23-29-12-8-6-9-13-29)39(25-30-19-16-27(2)17-20-30)35(41)26-40(31-21-18-28(3)33(37)24-31)45(43,44)32-14-10-7-11-15-32/h6-21,24,34H,4-5,22-23,25-26H2,1-3H3,(H,38,42)/t34-/m1/s1. The average molecular weight is 646 g/mol. The van der Waals surface area contributed by atoms with E-state index in [2.05, 4.69) is 5.32 Å². The molecule has 0 fully saturated rings. The lowest BCUT2D eigenvalue weighted by molar-refractivity contribution is -0.140. The molecule has 0 aromatic heterocycles. The summed E-state index contributed by atoms with van der Waals surface area (Å²) in [7, 11) is -4.19. The highest BCUT2D eigenvalue weighted by Crippen LogP contribution is 2.29. The molecule has 0 saturated heterocycles. The quantitative estimate of drug-likeness (QED) is 0.155. The molecule has 4 aromatic rings. The molecule has 1 N–H and O–H groups in total. The first kappa shape index (κ1) is 33.7. The van der Waals surface area contributed by atoms with Crippen LogP contribution in [0.4, 0.5) is 5.69 Å². The van der Waals surface area contributed by atoms with E-state index >= 15 is 0 Å². The van der Waals surface area contributed by atoms with Crippen molar-refractivity contribution in [3.63, 3.8) is 0 Å². The van der Waals surface area contributed by atoms with Crippen LogP contribution in [0.1, 0.15) is 42.0 Å². The van der Waals surface area contributed by atoms with Crippen LogP contribution in [0.15, 0.2) is 108 Å². The number of unbranched alkanes of at least 4 members (excludes halogenated alkanes) is 1. The second-order valence-corrected chi connectivity index (χ2v) is 13.4. The van der Waals surface area contributed by atoms with Crippen molar-refractivity contribution in [3.8, 4) is 0 Å². The van der Waals surface area contributed by atoms with E-state index in [1.165, 1.54) is 17.0 Å². The normalized spacial score (nSPS) is 11.9. The highest BCUT2D eigenvalue weighted by Gasteiger charge is 2.34. The van der Waals surface area contributed by atoms with Gasteiger partial charge in [-0.1, -0.05) is 109 Å². The number of carbonyl (C=O) groups is 2. The van der Waals surface area contributed by atoms with Crippen molar-refractivity contribution in [1.29, 1.82) is 0 Å². The number of anilines is 1. The van der Waals surface area contributed by atoms with Gasteiger partial charge in [0, 0.05) is 24.5 Å². The van der Waals surface area contributed by atoms with Crippen molar-refractivity contribution in [3.05, 3.63) is 130 Å². The second kappa shape index (κ2) is 15.7. The molecule has 45 heavy (non-hydrogen) atoms. The number of nitrogens with one attached hydrogen (secondary N) is 1. The van der Waals surface area contributed by atoms with E-state index in [1.54, 1.807) is 36.4 Å². The van der Waals surface area contributed by atoms with Gasteiger partial charge < -0.3 is 10.2 Å². The van der Waals surface area contributed by atoms with Gasteiger partial charge in [-0.05, 0) is 61.2 Å². The van der Waals surface area contributed by atoms with E-state index in [0.29, 0.717) is 11.6 Å². The fourth-order valence-electron chi connectivity index (χ4n) is 4.94. The van der Waals surface area contributed by atoms with E-state index < -0.39 is 28.5 Å². The summed E-state index contributed by atoms with van der Waals surface area (Å²) in [6.45, 7) is 5.90. The van der Waals surface area contributed by atoms with E-state index in [4.69, 9.17) is 11.6 Å². The molecule has 0 saturated carbocycles. The monoisotopic (exact) mass is 645 g/mol. The fourth-order valence-corrected chi connectivity index (χ4v) is 6.54. The van der Waals surface area contributed by atoms with Crippen molar-refractivity contribution in [2.45, 2.75) is 57.5 Å². The first-order valence-corrected chi connectivity index (χ1v) is 16.9. The van der Waals surface area contributed by atoms with Gasteiger partial charge in [-0.3, -0.25) is 13.9 Å². The van der Waals surface area contributed by atoms with E-state index in [0.717, 1.165) is 39.4 Å². The molecule has 0 bridgehead atoms. The Morgan fingerprint density at radius 3 is 2.11 bits per heavy atom. The molecular weight excluding hydrogens is 606 g/mol. The van der Waals surface area contributed by atoms with Crippen LogP contribution in [-0.4, -0.2) is 44.3 Å². The average Bonchev–Trinajstić information content (AvgIpc) is 3.04. The Hall–Kier alpha value is -4.14. The Bertz CT molecular complexity index is 1680. The number of hydrogen-bond donors (Lipinski definition) is 1. The molecule has 0 aliphatic heterocycles. The third kappa shape index (κ3) is 8.96. The molecule has 0 heterocycles. The molecule has 0 aliphatic rings. The molecule has 2 amide bonds. The summed E-state index contributed by atoms with van der Waals surface area (Å²) in [5.41, 5.74) is 3.80. The number of halogens is 1. The van der Waals surface area contributed by atoms with E-state index in [-0.39, 0.29) is 29.5 Å². The molecule has 4 rings (SSSR count). The van der Waals surface area contributed by atoms with Crippen LogP contribution in [0.2, 0.25) is 5.02 Å². The summed E-state index contributed by atoms with van der Waals surface area (Å²) in [6.07, 6.45) is 1.96.